The van der Waals surface area contributed by atoms with Crippen LogP contribution < -0.4 is 5.32 Å². The van der Waals surface area contributed by atoms with Crippen molar-refractivity contribution in [1.29, 1.82) is 0 Å². The average Bonchev–Trinajstić information content (AvgIpc) is 2.48. The first-order valence-electron chi connectivity index (χ1n) is 6.78. The van der Waals surface area contributed by atoms with Crippen LogP contribution in [0.4, 0.5) is 0 Å². The lowest BCUT2D eigenvalue weighted by atomic mass is 10.0. The number of carbonyl (C=O) groups is 1. The summed E-state index contributed by atoms with van der Waals surface area (Å²) in [5, 5.41) is 3.22. The molecule has 6 nitrogen and oxygen atoms in total. The molecule has 0 spiro atoms. The van der Waals surface area contributed by atoms with E-state index in [1.54, 1.807) is 12.1 Å². The van der Waals surface area contributed by atoms with Crippen molar-refractivity contribution in [3.8, 4) is 0 Å². The van der Waals surface area contributed by atoms with E-state index in [1.165, 1.54) is 26.2 Å². The van der Waals surface area contributed by atoms with Crippen LogP contribution in [0.15, 0.2) is 29.2 Å². The van der Waals surface area contributed by atoms with Gasteiger partial charge in [-0.05, 0) is 12.1 Å². The molecule has 2 rings (SSSR count). The third-order valence-electron chi connectivity index (χ3n) is 3.39. The Hall–Kier alpha value is -1.28. The van der Waals surface area contributed by atoms with E-state index in [9.17, 15) is 13.2 Å². The SMILES string of the molecule is CN(C)S(=O)(=O)c1ccc(C(=O)CC2COCCN2)cc1. The molecule has 0 aliphatic carbocycles. The van der Waals surface area contributed by atoms with Crippen LogP contribution in [0.1, 0.15) is 16.8 Å². The minimum atomic E-state index is -3.46. The summed E-state index contributed by atoms with van der Waals surface area (Å²) in [5.74, 6) is -0.0215. The van der Waals surface area contributed by atoms with E-state index in [1.807, 2.05) is 0 Å². The largest absolute Gasteiger partial charge is 0.378 e. The van der Waals surface area contributed by atoms with Crippen LogP contribution in [0.3, 0.4) is 0 Å². The zero-order chi connectivity index (χ0) is 15.5. The van der Waals surface area contributed by atoms with E-state index >= 15 is 0 Å². The Morgan fingerprint density at radius 2 is 2.00 bits per heavy atom. The predicted octanol–water partition coefficient (Wildman–Crippen LogP) is 0.498. The molecule has 0 radical (unpaired) electrons. The maximum atomic E-state index is 12.2. The van der Waals surface area contributed by atoms with Crippen LogP contribution in [0.5, 0.6) is 0 Å². The second kappa shape index (κ2) is 6.65. The van der Waals surface area contributed by atoms with Crippen molar-refractivity contribution >= 4 is 15.8 Å². The van der Waals surface area contributed by atoms with E-state index < -0.39 is 10.0 Å². The Bertz CT molecular complexity index is 590. The minimum Gasteiger partial charge on any atom is -0.378 e. The number of nitrogens with zero attached hydrogens (tertiary/aromatic N) is 1. The van der Waals surface area contributed by atoms with E-state index in [0.29, 0.717) is 25.2 Å². The summed E-state index contributed by atoms with van der Waals surface area (Å²) in [6.45, 7) is 1.94. The Morgan fingerprint density at radius 1 is 1.33 bits per heavy atom. The molecule has 1 N–H and O–H groups in total. The molecule has 1 aliphatic heterocycles. The van der Waals surface area contributed by atoms with E-state index in [4.69, 9.17) is 4.74 Å². The molecule has 0 amide bonds. The molecule has 0 aromatic heterocycles. The third kappa shape index (κ3) is 3.88. The summed E-state index contributed by atoms with van der Waals surface area (Å²) in [6, 6.07) is 6.07. The first-order valence-corrected chi connectivity index (χ1v) is 8.22. The number of hydrogen-bond acceptors (Lipinski definition) is 5. The highest BCUT2D eigenvalue weighted by molar-refractivity contribution is 7.89. The van der Waals surface area contributed by atoms with Gasteiger partial charge in [-0.25, -0.2) is 12.7 Å². The molecular formula is C14H20N2O4S. The highest BCUT2D eigenvalue weighted by Gasteiger charge is 2.20. The lowest BCUT2D eigenvalue weighted by molar-refractivity contribution is 0.0676. The molecule has 1 saturated heterocycles. The Labute approximate surface area is 125 Å². The normalized spacial score (nSPS) is 19.7. The average molecular weight is 312 g/mol. The molecule has 1 heterocycles. The van der Waals surface area contributed by atoms with Crippen LogP contribution >= 0.6 is 0 Å². The number of morpholine rings is 1. The molecule has 7 heteroatoms. The zero-order valence-electron chi connectivity index (χ0n) is 12.2. The van der Waals surface area contributed by atoms with E-state index in [0.717, 1.165) is 10.8 Å². The van der Waals surface area contributed by atoms with Crippen LogP contribution in [-0.2, 0) is 14.8 Å². The molecule has 1 unspecified atom stereocenters. The lowest BCUT2D eigenvalue weighted by Crippen LogP contribution is -2.42. The van der Waals surface area contributed by atoms with Gasteiger partial charge in [-0.15, -0.1) is 0 Å². The number of Topliss-reactive ketones (excluding diaryl/α,β-unsaturated/α-hetero) is 1. The number of benzene rings is 1. The van der Waals surface area contributed by atoms with Gasteiger partial charge in [0.05, 0.1) is 18.1 Å². The first-order chi connectivity index (χ1) is 9.91. The van der Waals surface area contributed by atoms with Crippen LogP contribution in [0, 0.1) is 0 Å². The van der Waals surface area contributed by atoms with Gasteiger partial charge >= 0.3 is 0 Å². The number of nitrogens with one attached hydrogen (secondary N) is 1. The number of sulfonamides is 1. The Balaban J connectivity index is 2.06. The van der Waals surface area contributed by atoms with Gasteiger partial charge in [0.25, 0.3) is 0 Å². The van der Waals surface area contributed by atoms with Crippen molar-refractivity contribution in [2.24, 2.45) is 0 Å². The summed E-state index contributed by atoms with van der Waals surface area (Å²) in [6.07, 6.45) is 0.347. The maximum absolute atomic E-state index is 12.2. The highest BCUT2D eigenvalue weighted by atomic mass is 32.2. The molecule has 1 atom stereocenters. The molecule has 1 fully saturated rings. The number of ketones is 1. The van der Waals surface area contributed by atoms with Crippen molar-refractivity contribution in [2.75, 3.05) is 33.9 Å². The quantitative estimate of drug-likeness (QED) is 0.801. The van der Waals surface area contributed by atoms with Gasteiger partial charge in [0.1, 0.15) is 0 Å². The number of hydrogen-bond donors (Lipinski definition) is 1. The smallest absolute Gasteiger partial charge is 0.242 e. The van der Waals surface area contributed by atoms with Crippen molar-refractivity contribution in [1.82, 2.24) is 9.62 Å². The van der Waals surface area contributed by atoms with Crippen molar-refractivity contribution in [3.05, 3.63) is 29.8 Å². The van der Waals surface area contributed by atoms with E-state index in [-0.39, 0.29) is 16.7 Å². The summed E-state index contributed by atoms with van der Waals surface area (Å²) in [5.41, 5.74) is 0.514. The van der Waals surface area contributed by atoms with Gasteiger partial charge in [0.2, 0.25) is 10.0 Å². The molecule has 1 aromatic rings. The van der Waals surface area contributed by atoms with Crippen LogP contribution in [0.25, 0.3) is 0 Å². The second-order valence-electron chi connectivity index (χ2n) is 5.17. The van der Waals surface area contributed by atoms with Crippen molar-refractivity contribution in [2.45, 2.75) is 17.4 Å². The third-order valence-corrected chi connectivity index (χ3v) is 5.21. The fourth-order valence-corrected chi connectivity index (χ4v) is 3.02. The maximum Gasteiger partial charge on any atom is 0.242 e. The van der Waals surface area contributed by atoms with E-state index in [2.05, 4.69) is 5.32 Å². The molecule has 1 aromatic carbocycles. The fourth-order valence-electron chi connectivity index (χ4n) is 2.12. The van der Waals surface area contributed by atoms with Gasteiger partial charge < -0.3 is 10.1 Å². The predicted molar refractivity (Wildman–Crippen MR) is 78.9 cm³/mol. The Kier molecular flexibility index (Phi) is 5.10. The number of ether oxygens (including phenoxy) is 1. The summed E-state index contributed by atoms with van der Waals surface area (Å²) in [4.78, 5) is 12.3. The molecule has 1 aliphatic rings. The summed E-state index contributed by atoms with van der Waals surface area (Å²) in [7, 11) is -0.506. The van der Waals surface area contributed by atoms with Gasteiger partial charge in [-0.2, -0.15) is 0 Å². The fraction of sp³-hybridized carbons (Fsp3) is 0.500. The highest BCUT2D eigenvalue weighted by Crippen LogP contribution is 2.15. The Morgan fingerprint density at radius 3 is 2.52 bits per heavy atom. The standard InChI is InChI=1S/C14H20N2O4S/c1-16(2)21(18,19)13-5-3-11(4-6-13)14(17)9-12-10-20-8-7-15-12/h3-6,12,15H,7-10H2,1-2H3. The minimum absolute atomic E-state index is 0.0215. The first kappa shape index (κ1) is 16.1. The number of carbonyl (C=O) groups excluding carboxylic acids is 1. The van der Waals surface area contributed by atoms with Gasteiger partial charge in [0.15, 0.2) is 5.78 Å². The molecule has 0 saturated carbocycles. The summed E-state index contributed by atoms with van der Waals surface area (Å²) < 4.78 is 30.3. The van der Waals surface area contributed by atoms with Gasteiger partial charge in [-0.3, -0.25) is 4.79 Å². The summed E-state index contributed by atoms with van der Waals surface area (Å²) >= 11 is 0. The molecule has 21 heavy (non-hydrogen) atoms. The lowest BCUT2D eigenvalue weighted by Gasteiger charge is -2.23. The van der Waals surface area contributed by atoms with Gasteiger partial charge in [0, 0.05) is 38.7 Å². The monoisotopic (exact) mass is 312 g/mol. The topological polar surface area (TPSA) is 75.7 Å². The zero-order valence-corrected chi connectivity index (χ0v) is 13.0. The number of rotatable bonds is 5. The molecular weight excluding hydrogens is 292 g/mol. The van der Waals surface area contributed by atoms with Crippen LogP contribution in [-0.4, -0.2) is 58.4 Å². The van der Waals surface area contributed by atoms with Gasteiger partial charge in [-0.1, -0.05) is 12.1 Å². The van der Waals surface area contributed by atoms with Crippen LogP contribution in [0.2, 0.25) is 0 Å². The van der Waals surface area contributed by atoms with Crippen molar-refractivity contribution < 1.29 is 17.9 Å². The second-order valence-corrected chi connectivity index (χ2v) is 7.32. The molecule has 0 bridgehead atoms. The van der Waals surface area contributed by atoms with Crippen molar-refractivity contribution in [3.63, 3.8) is 0 Å². The molecule has 116 valence electrons.